The Hall–Kier alpha value is -1.65. The molecule has 0 bridgehead atoms. The number of hydrogen-bond acceptors (Lipinski definition) is 2. The zero-order valence-electron chi connectivity index (χ0n) is 11.1. The lowest BCUT2D eigenvalue weighted by molar-refractivity contribution is 0.603. The van der Waals surface area contributed by atoms with Crippen molar-refractivity contribution >= 4 is 26.8 Å². The summed E-state index contributed by atoms with van der Waals surface area (Å²) in [4.78, 5) is 4.30. The minimum Gasteiger partial charge on any atom is -0.346 e. The fourth-order valence-corrected chi connectivity index (χ4v) is 2.79. The molecule has 1 N–H and O–H groups in total. The van der Waals surface area contributed by atoms with E-state index in [1.54, 1.807) is 0 Å². The molecule has 0 saturated carbocycles. The van der Waals surface area contributed by atoms with Gasteiger partial charge in [-0.1, -0.05) is 28.1 Å². The number of rotatable bonds is 5. The highest BCUT2D eigenvalue weighted by Crippen LogP contribution is 2.24. The number of fused-ring (bicyclic) bond motifs is 1. The molecule has 0 aliphatic carbocycles. The molecule has 2 heterocycles. The zero-order valence-corrected chi connectivity index (χ0v) is 12.7. The van der Waals surface area contributed by atoms with Crippen LogP contribution in [0.15, 0.2) is 59.3 Å². The molecule has 0 unspecified atom stereocenters. The first-order chi connectivity index (χ1) is 9.84. The first-order valence-corrected chi connectivity index (χ1v) is 7.48. The quantitative estimate of drug-likeness (QED) is 0.725. The van der Waals surface area contributed by atoms with Crippen molar-refractivity contribution in [1.29, 1.82) is 0 Å². The molecule has 0 aliphatic rings. The van der Waals surface area contributed by atoms with Crippen LogP contribution >= 0.6 is 15.9 Å². The van der Waals surface area contributed by atoms with Crippen LogP contribution in [-0.2, 0) is 13.1 Å². The Bertz CT molecular complexity index is 691. The van der Waals surface area contributed by atoms with Gasteiger partial charge in [-0.25, -0.2) is 0 Å². The highest BCUT2D eigenvalue weighted by atomic mass is 79.9. The summed E-state index contributed by atoms with van der Waals surface area (Å²) < 4.78 is 3.42. The largest absolute Gasteiger partial charge is 0.346 e. The van der Waals surface area contributed by atoms with Crippen molar-refractivity contribution in [2.45, 2.75) is 13.1 Å². The topological polar surface area (TPSA) is 29.9 Å². The number of hydrogen-bond donors (Lipinski definition) is 1. The Labute approximate surface area is 126 Å². The van der Waals surface area contributed by atoms with Gasteiger partial charge in [0.2, 0.25) is 0 Å². The zero-order chi connectivity index (χ0) is 13.8. The van der Waals surface area contributed by atoms with E-state index in [0.717, 1.165) is 29.8 Å². The fraction of sp³-hybridized carbons (Fsp3) is 0.188. The fourth-order valence-electron chi connectivity index (χ4n) is 2.30. The van der Waals surface area contributed by atoms with E-state index in [9.17, 15) is 0 Å². The molecule has 20 heavy (non-hydrogen) atoms. The maximum atomic E-state index is 4.30. The van der Waals surface area contributed by atoms with Crippen molar-refractivity contribution in [3.63, 3.8) is 0 Å². The highest BCUT2D eigenvalue weighted by Gasteiger charge is 2.03. The van der Waals surface area contributed by atoms with Crippen molar-refractivity contribution in [3.8, 4) is 0 Å². The molecule has 3 rings (SSSR count). The summed E-state index contributed by atoms with van der Waals surface area (Å²) >= 11 is 3.59. The van der Waals surface area contributed by atoms with E-state index < -0.39 is 0 Å². The minimum atomic E-state index is 0.809. The smallest absolute Gasteiger partial charge is 0.0541 e. The Morgan fingerprint density at radius 2 is 2.05 bits per heavy atom. The van der Waals surface area contributed by atoms with Crippen LogP contribution in [0.2, 0.25) is 0 Å². The minimum absolute atomic E-state index is 0.809. The molecule has 3 aromatic rings. The molecular formula is C16H16BrN3. The molecule has 0 spiro atoms. The van der Waals surface area contributed by atoms with Crippen LogP contribution in [-0.4, -0.2) is 16.1 Å². The van der Waals surface area contributed by atoms with Gasteiger partial charge in [-0.2, -0.15) is 0 Å². The van der Waals surface area contributed by atoms with Gasteiger partial charge < -0.3 is 9.88 Å². The normalized spacial score (nSPS) is 11.1. The maximum Gasteiger partial charge on any atom is 0.0541 e. The van der Waals surface area contributed by atoms with Crippen molar-refractivity contribution < 1.29 is 0 Å². The molecule has 2 aromatic heterocycles. The van der Waals surface area contributed by atoms with Crippen LogP contribution in [0.25, 0.3) is 10.9 Å². The molecule has 3 nitrogen and oxygen atoms in total. The van der Waals surface area contributed by atoms with E-state index in [0.29, 0.717) is 0 Å². The average molecular weight is 330 g/mol. The van der Waals surface area contributed by atoms with Crippen molar-refractivity contribution in [3.05, 3.63) is 65.0 Å². The molecule has 0 radical (unpaired) electrons. The second-order valence-corrected chi connectivity index (χ2v) is 5.53. The van der Waals surface area contributed by atoms with Gasteiger partial charge in [0.25, 0.3) is 0 Å². The van der Waals surface area contributed by atoms with Crippen LogP contribution < -0.4 is 5.32 Å². The predicted molar refractivity (Wildman–Crippen MR) is 85.6 cm³/mol. The van der Waals surface area contributed by atoms with Gasteiger partial charge in [-0.3, -0.25) is 4.98 Å². The van der Waals surface area contributed by atoms with Crippen LogP contribution in [0.1, 0.15) is 5.69 Å². The molecule has 0 atom stereocenters. The highest BCUT2D eigenvalue weighted by molar-refractivity contribution is 9.10. The summed E-state index contributed by atoms with van der Waals surface area (Å²) in [5.41, 5.74) is 2.34. The van der Waals surface area contributed by atoms with Gasteiger partial charge in [0.15, 0.2) is 0 Å². The van der Waals surface area contributed by atoms with E-state index >= 15 is 0 Å². The number of pyridine rings is 1. The first kappa shape index (κ1) is 13.3. The van der Waals surface area contributed by atoms with E-state index in [1.807, 2.05) is 24.4 Å². The summed E-state index contributed by atoms with van der Waals surface area (Å²) in [7, 11) is 0. The van der Waals surface area contributed by atoms with Gasteiger partial charge in [-0.05, 0) is 30.3 Å². The number of halogens is 1. The SMILES string of the molecule is Brc1cccc2c1ccn2CCNCc1ccccn1. The lowest BCUT2D eigenvalue weighted by Gasteiger charge is -2.07. The predicted octanol–water partition coefficient (Wildman–Crippen LogP) is 3.59. The molecule has 1 aromatic carbocycles. The third-order valence-corrected chi connectivity index (χ3v) is 4.01. The van der Waals surface area contributed by atoms with Crippen molar-refractivity contribution in [2.75, 3.05) is 6.54 Å². The van der Waals surface area contributed by atoms with E-state index in [4.69, 9.17) is 0 Å². The van der Waals surface area contributed by atoms with Gasteiger partial charge in [0.1, 0.15) is 0 Å². The summed E-state index contributed by atoms with van der Waals surface area (Å²) in [6, 6.07) is 14.4. The van der Waals surface area contributed by atoms with Gasteiger partial charge in [-0.15, -0.1) is 0 Å². The number of nitrogens with zero attached hydrogens (tertiary/aromatic N) is 2. The third kappa shape index (κ3) is 2.92. The second kappa shape index (κ2) is 6.20. The lowest BCUT2D eigenvalue weighted by atomic mass is 10.2. The van der Waals surface area contributed by atoms with Crippen LogP contribution in [0.3, 0.4) is 0 Å². The Morgan fingerprint density at radius 1 is 1.10 bits per heavy atom. The van der Waals surface area contributed by atoms with E-state index in [2.05, 4.69) is 61.3 Å². The summed E-state index contributed by atoms with van der Waals surface area (Å²) in [6.07, 6.45) is 3.96. The molecule has 0 fully saturated rings. The average Bonchev–Trinajstić information content (AvgIpc) is 2.90. The maximum absolute atomic E-state index is 4.30. The van der Waals surface area contributed by atoms with Gasteiger partial charge >= 0.3 is 0 Å². The van der Waals surface area contributed by atoms with Crippen molar-refractivity contribution in [1.82, 2.24) is 14.9 Å². The number of benzene rings is 1. The standard InChI is InChI=1S/C16H16BrN3/c17-15-5-3-6-16-14(15)7-10-20(16)11-9-18-12-13-4-1-2-8-19-13/h1-8,10,18H,9,11-12H2. The van der Waals surface area contributed by atoms with Gasteiger partial charge in [0.05, 0.1) is 5.69 Å². The van der Waals surface area contributed by atoms with Gasteiger partial charge in [0, 0.05) is 47.4 Å². The molecule has 4 heteroatoms. The third-order valence-electron chi connectivity index (χ3n) is 3.32. The molecular weight excluding hydrogens is 314 g/mol. The van der Waals surface area contributed by atoms with Crippen molar-refractivity contribution in [2.24, 2.45) is 0 Å². The Morgan fingerprint density at radius 3 is 2.90 bits per heavy atom. The summed E-state index contributed by atoms with van der Waals surface area (Å²) in [6.45, 7) is 2.68. The summed E-state index contributed by atoms with van der Waals surface area (Å²) in [5.74, 6) is 0. The van der Waals surface area contributed by atoms with E-state index in [-0.39, 0.29) is 0 Å². The van der Waals surface area contributed by atoms with Crippen LogP contribution in [0.4, 0.5) is 0 Å². The molecule has 102 valence electrons. The molecule has 0 aliphatic heterocycles. The Kier molecular flexibility index (Phi) is 4.14. The molecule has 0 amide bonds. The monoisotopic (exact) mass is 329 g/mol. The Balaban J connectivity index is 1.59. The summed E-state index contributed by atoms with van der Waals surface area (Å²) in [5, 5.41) is 4.69. The van der Waals surface area contributed by atoms with Crippen LogP contribution in [0.5, 0.6) is 0 Å². The second-order valence-electron chi connectivity index (χ2n) is 4.68. The van der Waals surface area contributed by atoms with Crippen LogP contribution in [0, 0.1) is 0 Å². The number of aromatic nitrogens is 2. The first-order valence-electron chi connectivity index (χ1n) is 6.68. The lowest BCUT2D eigenvalue weighted by Crippen LogP contribution is -2.19. The number of nitrogens with one attached hydrogen (secondary N) is 1. The molecule has 0 saturated heterocycles. The van der Waals surface area contributed by atoms with E-state index in [1.165, 1.54) is 10.9 Å².